The second-order valence-corrected chi connectivity index (χ2v) is 6.78. The average Bonchev–Trinajstić information content (AvgIpc) is 3.11. The van der Waals surface area contributed by atoms with Gasteiger partial charge in [-0.15, -0.1) is 0 Å². The van der Waals surface area contributed by atoms with E-state index in [4.69, 9.17) is 9.84 Å². The van der Waals surface area contributed by atoms with E-state index in [0.29, 0.717) is 17.4 Å². The van der Waals surface area contributed by atoms with Crippen LogP contribution in [0, 0.1) is 12.8 Å². The summed E-state index contributed by atoms with van der Waals surface area (Å²) in [5.41, 5.74) is 5.07. The zero-order chi connectivity index (χ0) is 17.6. The van der Waals surface area contributed by atoms with Crippen molar-refractivity contribution in [3.63, 3.8) is 0 Å². The predicted molar refractivity (Wildman–Crippen MR) is 97.5 cm³/mol. The van der Waals surface area contributed by atoms with Crippen LogP contribution in [0.15, 0.2) is 48.6 Å². The van der Waals surface area contributed by atoms with E-state index in [1.807, 2.05) is 18.2 Å². The molecule has 3 atom stereocenters. The van der Waals surface area contributed by atoms with E-state index in [1.165, 1.54) is 11.1 Å². The highest BCUT2D eigenvalue weighted by Crippen LogP contribution is 2.53. The van der Waals surface area contributed by atoms with E-state index in [2.05, 4.69) is 30.5 Å². The largest absolute Gasteiger partial charge is 0.495 e. The first-order valence-corrected chi connectivity index (χ1v) is 8.54. The third-order valence-corrected chi connectivity index (χ3v) is 5.44. The molecule has 0 spiro atoms. The third kappa shape index (κ3) is 2.49. The molecule has 2 aromatic rings. The highest BCUT2D eigenvalue weighted by atomic mass is 16.5. The molecule has 0 radical (unpaired) electrons. The van der Waals surface area contributed by atoms with E-state index < -0.39 is 5.97 Å². The molecule has 4 nitrogen and oxygen atoms in total. The maximum Gasteiger partial charge on any atom is 0.335 e. The zero-order valence-corrected chi connectivity index (χ0v) is 14.3. The number of ether oxygens (including phenoxy) is 1. The number of carboxylic acid groups (broad SMARTS) is 1. The van der Waals surface area contributed by atoms with Crippen molar-refractivity contribution in [3.8, 4) is 5.75 Å². The van der Waals surface area contributed by atoms with Gasteiger partial charge < -0.3 is 15.2 Å². The van der Waals surface area contributed by atoms with Crippen LogP contribution in [-0.2, 0) is 0 Å². The van der Waals surface area contributed by atoms with Gasteiger partial charge in [-0.25, -0.2) is 4.79 Å². The van der Waals surface area contributed by atoms with Gasteiger partial charge in [0, 0.05) is 5.92 Å². The molecule has 2 N–H and O–H groups in total. The molecule has 0 bridgehead atoms. The average molecular weight is 335 g/mol. The van der Waals surface area contributed by atoms with Gasteiger partial charge in [0.25, 0.3) is 0 Å². The fourth-order valence-corrected chi connectivity index (χ4v) is 4.20. The number of rotatable bonds is 3. The first-order valence-electron chi connectivity index (χ1n) is 8.54. The Balaban J connectivity index is 1.79. The number of carbonyl (C=O) groups is 1. The molecule has 0 unspecified atom stereocenters. The van der Waals surface area contributed by atoms with Crippen LogP contribution in [0.2, 0.25) is 0 Å². The summed E-state index contributed by atoms with van der Waals surface area (Å²) in [5, 5.41) is 12.8. The normalized spacial score (nSPS) is 23.5. The van der Waals surface area contributed by atoms with Gasteiger partial charge in [0.15, 0.2) is 0 Å². The van der Waals surface area contributed by atoms with E-state index in [-0.39, 0.29) is 6.04 Å². The van der Waals surface area contributed by atoms with Crippen molar-refractivity contribution in [1.29, 1.82) is 0 Å². The Morgan fingerprint density at radius 1 is 1.20 bits per heavy atom. The molecule has 2 aromatic carbocycles. The quantitative estimate of drug-likeness (QED) is 0.809. The number of aryl methyl sites for hydroxylation is 1. The number of nitrogens with one attached hydrogen (secondary N) is 1. The Hall–Kier alpha value is -2.75. The van der Waals surface area contributed by atoms with Crippen LogP contribution in [-0.4, -0.2) is 18.2 Å². The number of hydrogen-bond acceptors (Lipinski definition) is 3. The predicted octanol–water partition coefficient (Wildman–Crippen LogP) is 4.53. The van der Waals surface area contributed by atoms with E-state index in [9.17, 15) is 4.79 Å². The van der Waals surface area contributed by atoms with Gasteiger partial charge in [-0.05, 0) is 54.2 Å². The van der Waals surface area contributed by atoms with Crippen LogP contribution in [0.25, 0.3) is 0 Å². The van der Waals surface area contributed by atoms with Crippen molar-refractivity contribution < 1.29 is 14.6 Å². The molecule has 4 rings (SSSR count). The summed E-state index contributed by atoms with van der Waals surface area (Å²) in [6.45, 7) is 2.14. The van der Waals surface area contributed by atoms with Crippen LogP contribution in [0.3, 0.4) is 0 Å². The fraction of sp³-hybridized carbons (Fsp3) is 0.286. The maximum absolute atomic E-state index is 11.1. The standard InChI is InChI=1S/C21H21NO3/c1-12-6-11-17(25-2)20-18(12)15-4-3-5-16(15)19(22-20)13-7-9-14(10-8-13)21(23)24/h3-4,6-11,15-16,19,22H,5H2,1-2H3,(H,23,24)/t15-,16-,19-/m0/s1. The Morgan fingerprint density at radius 2 is 1.96 bits per heavy atom. The van der Waals surface area contributed by atoms with Crippen LogP contribution < -0.4 is 10.1 Å². The number of aromatic carboxylic acids is 1. The van der Waals surface area contributed by atoms with Gasteiger partial charge in [-0.1, -0.05) is 30.4 Å². The first kappa shape index (κ1) is 15.8. The SMILES string of the molecule is COc1ccc(C)c2c1N[C@@H](c1ccc(C(=O)O)cc1)[C@H]1CC=C[C@H]21. The van der Waals surface area contributed by atoms with Crippen molar-refractivity contribution in [2.24, 2.45) is 5.92 Å². The lowest BCUT2D eigenvalue weighted by Gasteiger charge is -2.39. The molecular weight excluding hydrogens is 314 g/mol. The second kappa shape index (κ2) is 5.96. The number of benzene rings is 2. The van der Waals surface area contributed by atoms with Gasteiger partial charge in [-0.2, -0.15) is 0 Å². The summed E-state index contributed by atoms with van der Waals surface area (Å²) in [7, 11) is 1.69. The second-order valence-electron chi connectivity index (χ2n) is 6.78. The molecule has 0 fully saturated rings. The topological polar surface area (TPSA) is 58.6 Å². The van der Waals surface area contributed by atoms with Gasteiger partial charge in [0.05, 0.1) is 24.4 Å². The zero-order valence-electron chi connectivity index (χ0n) is 14.3. The Morgan fingerprint density at radius 3 is 2.64 bits per heavy atom. The van der Waals surface area contributed by atoms with Crippen molar-refractivity contribution in [2.75, 3.05) is 12.4 Å². The van der Waals surface area contributed by atoms with E-state index >= 15 is 0 Å². The molecule has 0 amide bonds. The van der Waals surface area contributed by atoms with Gasteiger partial charge in [0.2, 0.25) is 0 Å². The summed E-state index contributed by atoms with van der Waals surface area (Å²) >= 11 is 0. The van der Waals surface area contributed by atoms with Crippen LogP contribution in [0.5, 0.6) is 5.75 Å². The summed E-state index contributed by atoms with van der Waals surface area (Å²) in [4.78, 5) is 11.1. The highest BCUT2D eigenvalue weighted by Gasteiger charge is 2.39. The molecule has 4 heteroatoms. The lowest BCUT2D eigenvalue weighted by molar-refractivity contribution is 0.0697. The summed E-state index contributed by atoms with van der Waals surface area (Å²) in [5.74, 6) is 0.738. The van der Waals surface area contributed by atoms with Crippen LogP contribution in [0.1, 0.15) is 45.4 Å². The van der Waals surface area contributed by atoms with Gasteiger partial charge >= 0.3 is 5.97 Å². The Labute approximate surface area is 147 Å². The molecule has 128 valence electrons. The molecule has 25 heavy (non-hydrogen) atoms. The minimum absolute atomic E-state index is 0.131. The van der Waals surface area contributed by atoms with Gasteiger partial charge in [-0.3, -0.25) is 0 Å². The summed E-state index contributed by atoms with van der Waals surface area (Å²) < 4.78 is 5.59. The minimum atomic E-state index is -0.897. The first-order chi connectivity index (χ1) is 12.1. The number of anilines is 1. The van der Waals surface area contributed by atoms with Crippen molar-refractivity contribution in [1.82, 2.24) is 0 Å². The smallest absolute Gasteiger partial charge is 0.335 e. The molecule has 1 aliphatic carbocycles. The molecule has 0 saturated heterocycles. The van der Waals surface area contributed by atoms with Crippen molar-refractivity contribution in [3.05, 3.63) is 70.8 Å². The lowest BCUT2D eigenvalue weighted by Crippen LogP contribution is -2.30. The molecule has 0 aromatic heterocycles. The van der Waals surface area contributed by atoms with Crippen molar-refractivity contribution in [2.45, 2.75) is 25.3 Å². The number of hydrogen-bond donors (Lipinski definition) is 2. The number of carboxylic acids is 1. The van der Waals surface area contributed by atoms with E-state index in [1.54, 1.807) is 19.2 Å². The van der Waals surface area contributed by atoms with Crippen LogP contribution in [0.4, 0.5) is 5.69 Å². The molecular formula is C21H21NO3. The molecule has 0 saturated carbocycles. The highest BCUT2D eigenvalue weighted by molar-refractivity contribution is 5.87. The van der Waals surface area contributed by atoms with Gasteiger partial charge in [0.1, 0.15) is 5.75 Å². The number of methoxy groups -OCH3 is 1. The Kier molecular flexibility index (Phi) is 3.75. The molecule has 2 aliphatic rings. The monoisotopic (exact) mass is 335 g/mol. The third-order valence-electron chi connectivity index (χ3n) is 5.44. The number of fused-ring (bicyclic) bond motifs is 3. The summed E-state index contributed by atoms with van der Waals surface area (Å²) in [6.07, 6.45) is 5.57. The molecule has 1 heterocycles. The Bertz CT molecular complexity index is 854. The van der Waals surface area contributed by atoms with Crippen molar-refractivity contribution >= 4 is 11.7 Å². The number of allylic oxidation sites excluding steroid dienone is 2. The molecule has 1 aliphatic heterocycles. The lowest BCUT2D eigenvalue weighted by atomic mass is 9.75. The minimum Gasteiger partial charge on any atom is -0.495 e. The van der Waals surface area contributed by atoms with Crippen LogP contribution >= 0.6 is 0 Å². The summed E-state index contributed by atoms with van der Waals surface area (Å²) in [6, 6.07) is 11.5. The fourth-order valence-electron chi connectivity index (χ4n) is 4.20. The maximum atomic E-state index is 11.1. The van der Waals surface area contributed by atoms with E-state index in [0.717, 1.165) is 23.4 Å².